The molecule has 1 amide bonds. The fraction of sp³-hybridized carbons (Fsp3) is 0.529. The Balaban J connectivity index is 1.98. The molecule has 0 radical (unpaired) electrons. The van der Waals surface area contributed by atoms with Crippen molar-refractivity contribution < 1.29 is 24.2 Å². The molecule has 1 aliphatic rings. The lowest BCUT2D eigenvalue weighted by molar-refractivity contribution is -0.117. The van der Waals surface area contributed by atoms with Gasteiger partial charge in [0.2, 0.25) is 5.91 Å². The van der Waals surface area contributed by atoms with Crippen molar-refractivity contribution in [3.05, 3.63) is 23.8 Å². The molecule has 0 spiro atoms. The number of carboxylic acids is 1. The molecule has 0 aliphatic heterocycles. The highest BCUT2D eigenvalue weighted by molar-refractivity contribution is 5.94. The Kier molecular flexibility index (Phi) is 5.98. The summed E-state index contributed by atoms with van der Waals surface area (Å²) in [6.07, 6.45) is 4.74. The van der Waals surface area contributed by atoms with Crippen molar-refractivity contribution in [3.8, 4) is 5.75 Å². The summed E-state index contributed by atoms with van der Waals surface area (Å²) >= 11 is 0. The number of nitrogens with one attached hydrogen (secondary N) is 1. The fourth-order valence-corrected chi connectivity index (χ4v) is 3.03. The number of ether oxygens (including phenoxy) is 2. The summed E-state index contributed by atoms with van der Waals surface area (Å²) in [5.41, 5.74) is 0.608. The number of hydrogen-bond acceptors (Lipinski definition) is 4. The molecule has 1 fully saturated rings. The lowest BCUT2D eigenvalue weighted by Crippen LogP contribution is -2.25. The number of rotatable bonds is 6. The zero-order valence-corrected chi connectivity index (χ0v) is 13.5. The number of carbonyl (C=O) groups excluding carboxylic acids is 1. The SMILES string of the molecule is COc1cc(C(=O)O)ccc1NC(=O)CC1CCCC(OC)C1. The van der Waals surface area contributed by atoms with Crippen LogP contribution >= 0.6 is 0 Å². The monoisotopic (exact) mass is 321 g/mol. The molecule has 6 heteroatoms. The Morgan fingerprint density at radius 3 is 2.74 bits per heavy atom. The van der Waals surface area contributed by atoms with Gasteiger partial charge in [-0.3, -0.25) is 4.79 Å². The van der Waals surface area contributed by atoms with Gasteiger partial charge in [0, 0.05) is 13.5 Å². The van der Waals surface area contributed by atoms with E-state index < -0.39 is 5.97 Å². The first-order valence-corrected chi connectivity index (χ1v) is 7.77. The van der Waals surface area contributed by atoms with E-state index in [1.165, 1.54) is 19.2 Å². The molecule has 0 bridgehead atoms. The number of benzene rings is 1. The van der Waals surface area contributed by atoms with Crippen LogP contribution in [0, 0.1) is 5.92 Å². The Labute approximate surface area is 135 Å². The highest BCUT2D eigenvalue weighted by atomic mass is 16.5. The van der Waals surface area contributed by atoms with E-state index in [2.05, 4.69) is 5.32 Å². The van der Waals surface area contributed by atoms with E-state index >= 15 is 0 Å². The van der Waals surface area contributed by atoms with Gasteiger partial charge in [0.05, 0.1) is 24.5 Å². The zero-order chi connectivity index (χ0) is 16.8. The Hall–Kier alpha value is -2.08. The second-order valence-electron chi connectivity index (χ2n) is 5.86. The third-order valence-electron chi connectivity index (χ3n) is 4.26. The fourth-order valence-electron chi connectivity index (χ4n) is 3.03. The highest BCUT2D eigenvalue weighted by Crippen LogP contribution is 2.30. The number of carboxylic acid groups (broad SMARTS) is 1. The molecular formula is C17H23NO5. The number of anilines is 1. The summed E-state index contributed by atoms with van der Waals surface area (Å²) in [4.78, 5) is 23.2. The van der Waals surface area contributed by atoms with E-state index in [1.54, 1.807) is 13.2 Å². The number of aromatic carboxylic acids is 1. The normalized spacial score (nSPS) is 20.8. The van der Waals surface area contributed by atoms with Gasteiger partial charge in [-0.25, -0.2) is 4.79 Å². The van der Waals surface area contributed by atoms with Crippen LogP contribution in [0.3, 0.4) is 0 Å². The molecule has 1 saturated carbocycles. The molecule has 1 aromatic rings. The van der Waals surface area contributed by atoms with Crippen molar-refractivity contribution >= 4 is 17.6 Å². The summed E-state index contributed by atoms with van der Waals surface area (Å²) in [6.45, 7) is 0. The van der Waals surface area contributed by atoms with Gasteiger partial charge < -0.3 is 19.9 Å². The van der Waals surface area contributed by atoms with Crippen LogP contribution in [0.25, 0.3) is 0 Å². The molecule has 1 aromatic carbocycles. The second kappa shape index (κ2) is 7.97. The Morgan fingerprint density at radius 2 is 2.09 bits per heavy atom. The quantitative estimate of drug-likeness (QED) is 0.841. The maximum Gasteiger partial charge on any atom is 0.335 e. The lowest BCUT2D eigenvalue weighted by Gasteiger charge is -2.27. The van der Waals surface area contributed by atoms with Crippen molar-refractivity contribution in [2.24, 2.45) is 5.92 Å². The zero-order valence-electron chi connectivity index (χ0n) is 13.5. The minimum atomic E-state index is -1.03. The van der Waals surface area contributed by atoms with Gasteiger partial charge in [-0.05, 0) is 43.4 Å². The maximum absolute atomic E-state index is 12.2. The van der Waals surface area contributed by atoms with Gasteiger partial charge in [0.15, 0.2) is 0 Å². The average Bonchev–Trinajstić information content (AvgIpc) is 2.55. The molecule has 0 saturated heterocycles. The third kappa shape index (κ3) is 4.69. The first-order valence-electron chi connectivity index (χ1n) is 7.77. The van der Waals surface area contributed by atoms with Crippen molar-refractivity contribution in [1.82, 2.24) is 0 Å². The number of carbonyl (C=O) groups is 2. The molecule has 0 heterocycles. The van der Waals surface area contributed by atoms with Crippen molar-refractivity contribution in [2.75, 3.05) is 19.5 Å². The lowest BCUT2D eigenvalue weighted by atomic mass is 9.85. The van der Waals surface area contributed by atoms with Crippen LogP contribution in [0.2, 0.25) is 0 Å². The molecule has 1 aliphatic carbocycles. The number of methoxy groups -OCH3 is 2. The summed E-state index contributed by atoms with van der Waals surface area (Å²) in [5.74, 6) is -0.461. The van der Waals surface area contributed by atoms with E-state index in [0.29, 0.717) is 23.8 Å². The predicted molar refractivity (Wildman–Crippen MR) is 86.0 cm³/mol. The topological polar surface area (TPSA) is 84.9 Å². The van der Waals surface area contributed by atoms with E-state index in [-0.39, 0.29) is 17.6 Å². The van der Waals surface area contributed by atoms with Crippen LogP contribution in [0.4, 0.5) is 5.69 Å². The van der Waals surface area contributed by atoms with E-state index in [9.17, 15) is 9.59 Å². The largest absolute Gasteiger partial charge is 0.495 e. The highest BCUT2D eigenvalue weighted by Gasteiger charge is 2.24. The second-order valence-corrected chi connectivity index (χ2v) is 5.86. The summed E-state index contributed by atoms with van der Waals surface area (Å²) in [7, 11) is 3.16. The molecule has 2 rings (SSSR count). The molecule has 126 valence electrons. The molecule has 0 aromatic heterocycles. The standard InChI is InChI=1S/C17H23NO5/c1-22-13-5-3-4-11(8-13)9-16(19)18-14-7-6-12(17(20)21)10-15(14)23-2/h6-7,10-11,13H,3-5,8-9H2,1-2H3,(H,18,19)(H,20,21). The molecule has 2 unspecified atom stereocenters. The molecule has 2 atom stereocenters. The van der Waals surface area contributed by atoms with Crippen molar-refractivity contribution in [1.29, 1.82) is 0 Å². The van der Waals surface area contributed by atoms with Crippen LogP contribution in [0.5, 0.6) is 5.75 Å². The van der Waals surface area contributed by atoms with Gasteiger partial charge in [-0.15, -0.1) is 0 Å². The van der Waals surface area contributed by atoms with Gasteiger partial charge >= 0.3 is 5.97 Å². The smallest absolute Gasteiger partial charge is 0.335 e. The van der Waals surface area contributed by atoms with Gasteiger partial charge in [-0.1, -0.05) is 6.42 Å². The third-order valence-corrected chi connectivity index (χ3v) is 4.26. The summed E-state index contributed by atoms with van der Waals surface area (Å²) < 4.78 is 10.5. The van der Waals surface area contributed by atoms with E-state index in [4.69, 9.17) is 14.6 Å². The van der Waals surface area contributed by atoms with Gasteiger partial charge in [0.25, 0.3) is 0 Å². The van der Waals surface area contributed by atoms with Crippen molar-refractivity contribution in [2.45, 2.75) is 38.2 Å². The first kappa shape index (κ1) is 17.3. The Bertz CT molecular complexity index is 572. The van der Waals surface area contributed by atoms with Gasteiger partial charge in [0.1, 0.15) is 5.75 Å². The Morgan fingerprint density at radius 1 is 1.30 bits per heavy atom. The van der Waals surface area contributed by atoms with Crippen LogP contribution in [0.15, 0.2) is 18.2 Å². The van der Waals surface area contributed by atoms with Crippen LogP contribution < -0.4 is 10.1 Å². The number of amides is 1. The molecule has 23 heavy (non-hydrogen) atoms. The van der Waals surface area contributed by atoms with E-state index in [0.717, 1.165) is 25.7 Å². The molecule has 2 N–H and O–H groups in total. The number of hydrogen-bond donors (Lipinski definition) is 2. The predicted octanol–water partition coefficient (Wildman–Crippen LogP) is 2.93. The van der Waals surface area contributed by atoms with Crippen molar-refractivity contribution in [3.63, 3.8) is 0 Å². The average molecular weight is 321 g/mol. The van der Waals surface area contributed by atoms with Crippen LogP contribution in [-0.2, 0) is 9.53 Å². The summed E-state index contributed by atoms with van der Waals surface area (Å²) in [5, 5.41) is 11.8. The molecular weight excluding hydrogens is 298 g/mol. The summed E-state index contributed by atoms with van der Waals surface area (Å²) in [6, 6.07) is 4.40. The van der Waals surface area contributed by atoms with Crippen LogP contribution in [0.1, 0.15) is 42.5 Å². The van der Waals surface area contributed by atoms with Crippen LogP contribution in [-0.4, -0.2) is 37.3 Å². The van der Waals surface area contributed by atoms with E-state index in [1.807, 2.05) is 0 Å². The maximum atomic E-state index is 12.2. The van der Waals surface area contributed by atoms with Gasteiger partial charge in [-0.2, -0.15) is 0 Å². The minimum Gasteiger partial charge on any atom is -0.495 e. The first-order chi connectivity index (χ1) is 11.0. The minimum absolute atomic E-state index is 0.0897. The molecule has 6 nitrogen and oxygen atoms in total.